The summed E-state index contributed by atoms with van der Waals surface area (Å²) in [5.74, 6) is -0.0458. The largest absolute Gasteiger partial charge is 0.389 e. The molecule has 1 aromatic carbocycles. The van der Waals surface area contributed by atoms with Gasteiger partial charge in [0.15, 0.2) is 0 Å². The van der Waals surface area contributed by atoms with E-state index in [1.165, 1.54) is 18.1 Å². The monoisotopic (exact) mass is 320 g/mol. The summed E-state index contributed by atoms with van der Waals surface area (Å²) in [5.41, 5.74) is 3.10. The molecule has 0 aromatic heterocycles. The second-order valence-corrected chi connectivity index (χ2v) is 7.19. The summed E-state index contributed by atoms with van der Waals surface area (Å²) in [7, 11) is 0. The number of nitrogens with zero attached hydrogens (tertiary/aromatic N) is 1. The Bertz CT molecular complexity index is 552. The van der Waals surface area contributed by atoms with E-state index in [-0.39, 0.29) is 11.5 Å². The van der Waals surface area contributed by atoms with Crippen LogP contribution >= 0.6 is 0 Å². The van der Waals surface area contributed by atoms with Gasteiger partial charge in [0.05, 0.1) is 18.3 Å². The van der Waals surface area contributed by atoms with E-state index >= 15 is 0 Å². The SMILES string of the molecule is CC(=O)Nc1cccc2c1CCN(CC(O)COC(C)(C)C)C2. The highest BCUT2D eigenvalue weighted by atomic mass is 16.5. The van der Waals surface area contributed by atoms with E-state index in [9.17, 15) is 9.90 Å². The number of rotatable bonds is 5. The zero-order valence-corrected chi connectivity index (χ0v) is 14.6. The minimum absolute atomic E-state index is 0.0458. The van der Waals surface area contributed by atoms with Crippen molar-refractivity contribution < 1.29 is 14.6 Å². The molecule has 1 atom stereocenters. The fourth-order valence-corrected chi connectivity index (χ4v) is 2.83. The smallest absolute Gasteiger partial charge is 0.221 e. The molecule has 0 spiro atoms. The molecule has 128 valence electrons. The van der Waals surface area contributed by atoms with E-state index in [0.717, 1.165) is 25.2 Å². The molecular weight excluding hydrogens is 292 g/mol. The maximum Gasteiger partial charge on any atom is 0.221 e. The molecule has 0 aliphatic carbocycles. The van der Waals surface area contributed by atoms with Gasteiger partial charge in [-0.1, -0.05) is 12.1 Å². The van der Waals surface area contributed by atoms with Crippen LogP contribution in [0.25, 0.3) is 0 Å². The predicted molar refractivity (Wildman–Crippen MR) is 91.4 cm³/mol. The van der Waals surface area contributed by atoms with E-state index in [1.807, 2.05) is 32.9 Å². The third-order valence-electron chi connectivity index (χ3n) is 3.83. The minimum atomic E-state index is -0.491. The van der Waals surface area contributed by atoms with E-state index < -0.39 is 6.10 Å². The predicted octanol–water partition coefficient (Wildman–Crippen LogP) is 2.18. The van der Waals surface area contributed by atoms with E-state index in [2.05, 4.69) is 16.3 Å². The molecule has 1 aromatic rings. The highest BCUT2D eigenvalue weighted by Crippen LogP contribution is 2.26. The van der Waals surface area contributed by atoms with Gasteiger partial charge in [-0.3, -0.25) is 9.69 Å². The first-order valence-electron chi connectivity index (χ1n) is 8.17. The second-order valence-electron chi connectivity index (χ2n) is 7.19. The number of ether oxygens (including phenoxy) is 1. The number of aliphatic hydroxyl groups excluding tert-OH is 1. The van der Waals surface area contributed by atoms with Crippen LogP contribution in [0.2, 0.25) is 0 Å². The number of aliphatic hydroxyl groups is 1. The lowest BCUT2D eigenvalue weighted by atomic mass is 9.97. The van der Waals surface area contributed by atoms with Gasteiger partial charge in [-0.2, -0.15) is 0 Å². The molecule has 1 aliphatic heterocycles. The minimum Gasteiger partial charge on any atom is -0.389 e. The maximum absolute atomic E-state index is 11.3. The number of hydrogen-bond acceptors (Lipinski definition) is 4. The van der Waals surface area contributed by atoms with Crippen molar-refractivity contribution in [1.29, 1.82) is 0 Å². The number of anilines is 1. The zero-order chi connectivity index (χ0) is 17.0. The second kappa shape index (κ2) is 7.43. The van der Waals surface area contributed by atoms with E-state index in [1.54, 1.807) is 0 Å². The summed E-state index contributed by atoms with van der Waals surface area (Å²) in [6.07, 6.45) is 0.382. The van der Waals surface area contributed by atoms with Gasteiger partial charge in [-0.15, -0.1) is 0 Å². The summed E-state index contributed by atoms with van der Waals surface area (Å²) >= 11 is 0. The summed E-state index contributed by atoms with van der Waals surface area (Å²) in [4.78, 5) is 13.5. The number of carbonyl (C=O) groups is 1. The van der Waals surface area contributed by atoms with Gasteiger partial charge < -0.3 is 15.2 Å². The van der Waals surface area contributed by atoms with Gasteiger partial charge in [0.2, 0.25) is 5.91 Å². The van der Waals surface area contributed by atoms with Crippen LogP contribution in [0.15, 0.2) is 18.2 Å². The molecule has 2 rings (SSSR count). The Kier molecular flexibility index (Phi) is 5.79. The molecule has 1 heterocycles. The third kappa shape index (κ3) is 5.61. The standard InChI is InChI=1S/C18H28N2O3/c1-13(21)19-17-7-5-6-14-10-20(9-8-16(14)17)11-15(22)12-23-18(2,3)4/h5-7,15,22H,8-12H2,1-4H3,(H,19,21). The van der Waals surface area contributed by atoms with Crippen LogP contribution in [0.4, 0.5) is 5.69 Å². The van der Waals surface area contributed by atoms with Crippen molar-refractivity contribution in [2.24, 2.45) is 0 Å². The van der Waals surface area contributed by atoms with Crippen molar-refractivity contribution in [1.82, 2.24) is 4.90 Å². The summed E-state index contributed by atoms with van der Waals surface area (Å²) in [5, 5.41) is 13.1. The Morgan fingerprint density at radius 2 is 2.17 bits per heavy atom. The van der Waals surface area contributed by atoms with Crippen molar-refractivity contribution in [2.75, 3.05) is 25.0 Å². The first-order valence-corrected chi connectivity index (χ1v) is 8.17. The average Bonchev–Trinajstić information content (AvgIpc) is 2.44. The number of amides is 1. The van der Waals surface area contributed by atoms with Crippen LogP contribution in [0.3, 0.4) is 0 Å². The fourth-order valence-electron chi connectivity index (χ4n) is 2.83. The zero-order valence-electron chi connectivity index (χ0n) is 14.6. The molecule has 5 heteroatoms. The first kappa shape index (κ1) is 17.9. The molecule has 1 amide bonds. The molecular formula is C18H28N2O3. The number of carbonyl (C=O) groups excluding carboxylic acids is 1. The van der Waals surface area contributed by atoms with Crippen LogP contribution in [-0.2, 0) is 22.5 Å². The average molecular weight is 320 g/mol. The molecule has 0 saturated heterocycles. The molecule has 5 nitrogen and oxygen atoms in total. The number of benzene rings is 1. The summed E-state index contributed by atoms with van der Waals surface area (Å²) in [6, 6.07) is 6.00. The molecule has 1 aliphatic rings. The van der Waals surface area contributed by atoms with Gasteiger partial charge in [-0.05, 0) is 44.4 Å². The maximum atomic E-state index is 11.3. The Morgan fingerprint density at radius 1 is 1.43 bits per heavy atom. The van der Waals surface area contributed by atoms with Gasteiger partial charge in [0.25, 0.3) is 0 Å². The lowest BCUT2D eigenvalue weighted by molar-refractivity contribution is -0.114. The van der Waals surface area contributed by atoms with Gasteiger partial charge in [0.1, 0.15) is 0 Å². The van der Waals surface area contributed by atoms with Crippen LogP contribution in [0.1, 0.15) is 38.8 Å². The molecule has 0 fully saturated rings. The molecule has 0 saturated carbocycles. The van der Waals surface area contributed by atoms with Crippen LogP contribution in [0, 0.1) is 0 Å². The van der Waals surface area contributed by atoms with E-state index in [0.29, 0.717) is 13.2 Å². The van der Waals surface area contributed by atoms with Gasteiger partial charge >= 0.3 is 0 Å². The van der Waals surface area contributed by atoms with Crippen molar-refractivity contribution >= 4 is 11.6 Å². The Morgan fingerprint density at radius 3 is 2.83 bits per heavy atom. The summed E-state index contributed by atoms with van der Waals surface area (Å²) < 4.78 is 5.64. The van der Waals surface area contributed by atoms with Crippen molar-refractivity contribution in [3.05, 3.63) is 29.3 Å². The van der Waals surface area contributed by atoms with Gasteiger partial charge in [-0.25, -0.2) is 0 Å². The topological polar surface area (TPSA) is 61.8 Å². The number of fused-ring (bicyclic) bond motifs is 1. The number of nitrogens with one attached hydrogen (secondary N) is 1. The van der Waals surface area contributed by atoms with Crippen LogP contribution in [0.5, 0.6) is 0 Å². The summed E-state index contributed by atoms with van der Waals surface area (Å²) in [6.45, 7) is 10.1. The Hall–Kier alpha value is -1.43. The normalized spacial score (nSPS) is 16.7. The van der Waals surface area contributed by atoms with Crippen molar-refractivity contribution in [3.63, 3.8) is 0 Å². The quantitative estimate of drug-likeness (QED) is 0.873. The molecule has 23 heavy (non-hydrogen) atoms. The van der Waals surface area contributed by atoms with Crippen LogP contribution in [-0.4, -0.2) is 47.3 Å². The van der Waals surface area contributed by atoms with Gasteiger partial charge in [0, 0.05) is 32.2 Å². The highest BCUT2D eigenvalue weighted by molar-refractivity contribution is 5.89. The molecule has 0 bridgehead atoms. The third-order valence-corrected chi connectivity index (χ3v) is 3.83. The fraction of sp³-hybridized carbons (Fsp3) is 0.611. The van der Waals surface area contributed by atoms with E-state index in [4.69, 9.17) is 4.74 Å². The Balaban J connectivity index is 1.94. The molecule has 2 N–H and O–H groups in total. The lowest BCUT2D eigenvalue weighted by Crippen LogP contribution is -2.39. The molecule has 1 unspecified atom stereocenters. The lowest BCUT2D eigenvalue weighted by Gasteiger charge is -2.32. The Labute approximate surface area is 138 Å². The molecule has 0 radical (unpaired) electrons. The highest BCUT2D eigenvalue weighted by Gasteiger charge is 2.22. The number of hydrogen-bond donors (Lipinski definition) is 2. The van der Waals surface area contributed by atoms with Crippen molar-refractivity contribution in [2.45, 2.75) is 52.4 Å². The first-order chi connectivity index (χ1) is 10.7. The number of β-amino-alcohol motifs (C(OH)–C–C–N with tert-alkyl or cyclic N) is 1. The van der Waals surface area contributed by atoms with Crippen molar-refractivity contribution in [3.8, 4) is 0 Å². The van der Waals surface area contributed by atoms with Crippen LogP contribution < -0.4 is 5.32 Å².